The topological polar surface area (TPSA) is 92.2 Å². The average Bonchev–Trinajstić information content (AvgIpc) is 2.77. The van der Waals surface area contributed by atoms with Crippen LogP contribution in [0.4, 0.5) is 5.69 Å². The second kappa shape index (κ2) is 4.16. The summed E-state index contributed by atoms with van der Waals surface area (Å²) in [6, 6.07) is 6.83. The van der Waals surface area contributed by atoms with E-state index in [1.807, 2.05) is 6.07 Å². The van der Waals surface area contributed by atoms with Crippen LogP contribution in [0.5, 0.6) is 0 Å². The monoisotopic (exact) mass is 255 g/mol. The highest BCUT2D eigenvalue weighted by molar-refractivity contribution is 5.99. The molecule has 2 aromatic rings. The second-order valence-electron chi connectivity index (χ2n) is 4.19. The minimum absolute atomic E-state index is 0.0407. The van der Waals surface area contributed by atoms with E-state index in [0.717, 1.165) is 16.8 Å². The molecule has 94 valence electrons. The van der Waals surface area contributed by atoms with Crippen molar-refractivity contribution in [2.45, 2.75) is 6.42 Å². The summed E-state index contributed by atoms with van der Waals surface area (Å²) >= 11 is 0. The Hall–Kier alpha value is -2.76. The van der Waals surface area contributed by atoms with E-state index < -0.39 is 5.97 Å². The van der Waals surface area contributed by atoms with Crippen molar-refractivity contribution in [3.8, 4) is 11.3 Å². The number of nitrogens with zero attached hydrogens (tertiary/aromatic N) is 2. The molecule has 2 N–H and O–H groups in total. The van der Waals surface area contributed by atoms with E-state index in [9.17, 15) is 9.59 Å². The van der Waals surface area contributed by atoms with Gasteiger partial charge >= 0.3 is 5.97 Å². The highest BCUT2D eigenvalue weighted by Crippen LogP contribution is 2.28. The van der Waals surface area contributed by atoms with E-state index in [-0.39, 0.29) is 11.6 Å². The Bertz CT molecular complexity index is 697. The fourth-order valence-corrected chi connectivity index (χ4v) is 2.02. The van der Waals surface area contributed by atoms with Crippen LogP contribution in [0.15, 0.2) is 30.6 Å². The highest BCUT2D eigenvalue weighted by Gasteiger charge is 2.18. The lowest BCUT2D eigenvalue weighted by Gasteiger charge is -2.04. The van der Waals surface area contributed by atoms with Crippen molar-refractivity contribution < 1.29 is 14.7 Å². The Morgan fingerprint density at radius 2 is 2.11 bits per heavy atom. The van der Waals surface area contributed by atoms with E-state index in [1.165, 1.54) is 12.4 Å². The standard InChI is InChI=1S/C13H9N3O3/c17-12-4-8-3-7(1-2-9(8)16-12)10-5-11(13(18)19)15-6-14-10/h1-3,5-6H,4H2,(H,16,17)(H,18,19). The van der Waals surface area contributed by atoms with Crippen LogP contribution in [0.1, 0.15) is 16.1 Å². The molecule has 6 nitrogen and oxygen atoms in total. The third-order valence-corrected chi connectivity index (χ3v) is 2.91. The van der Waals surface area contributed by atoms with Crippen molar-refractivity contribution in [3.05, 3.63) is 41.9 Å². The average molecular weight is 255 g/mol. The van der Waals surface area contributed by atoms with Gasteiger partial charge in [-0.3, -0.25) is 4.79 Å². The number of carboxylic acids is 1. The highest BCUT2D eigenvalue weighted by atomic mass is 16.4. The van der Waals surface area contributed by atoms with Gasteiger partial charge in [-0.2, -0.15) is 0 Å². The van der Waals surface area contributed by atoms with Crippen molar-refractivity contribution in [1.82, 2.24) is 9.97 Å². The van der Waals surface area contributed by atoms with Gasteiger partial charge in [0.1, 0.15) is 6.33 Å². The molecule has 1 aliphatic rings. The van der Waals surface area contributed by atoms with Crippen LogP contribution >= 0.6 is 0 Å². The first-order valence-corrected chi connectivity index (χ1v) is 5.62. The van der Waals surface area contributed by atoms with Gasteiger partial charge in [0.2, 0.25) is 5.91 Å². The molecule has 19 heavy (non-hydrogen) atoms. The molecule has 0 fully saturated rings. The van der Waals surface area contributed by atoms with Crippen molar-refractivity contribution >= 4 is 17.6 Å². The number of aromatic carboxylic acids is 1. The third-order valence-electron chi connectivity index (χ3n) is 2.91. The maximum Gasteiger partial charge on any atom is 0.354 e. The van der Waals surface area contributed by atoms with Gasteiger partial charge < -0.3 is 10.4 Å². The number of hydrogen-bond acceptors (Lipinski definition) is 4. The lowest BCUT2D eigenvalue weighted by Crippen LogP contribution is -2.03. The molecule has 1 aromatic carbocycles. The smallest absolute Gasteiger partial charge is 0.354 e. The fraction of sp³-hybridized carbons (Fsp3) is 0.0769. The van der Waals surface area contributed by atoms with Crippen LogP contribution in [-0.2, 0) is 11.2 Å². The molecule has 0 saturated heterocycles. The predicted octanol–water partition coefficient (Wildman–Crippen LogP) is 1.34. The van der Waals surface area contributed by atoms with Crippen molar-refractivity contribution in [2.24, 2.45) is 0 Å². The quantitative estimate of drug-likeness (QED) is 0.844. The van der Waals surface area contributed by atoms with E-state index >= 15 is 0 Å². The predicted molar refractivity (Wildman–Crippen MR) is 66.8 cm³/mol. The molecule has 0 saturated carbocycles. The van der Waals surface area contributed by atoms with E-state index in [1.54, 1.807) is 12.1 Å². The maximum atomic E-state index is 11.3. The van der Waals surface area contributed by atoms with Crippen molar-refractivity contribution in [1.29, 1.82) is 0 Å². The molecular formula is C13H9N3O3. The normalized spacial score (nSPS) is 12.9. The van der Waals surface area contributed by atoms with Gasteiger partial charge in [-0.15, -0.1) is 0 Å². The summed E-state index contributed by atoms with van der Waals surface area (Å²) in [5, 5.41) is 11.6. The molecule has 1 aliphatic heterocycles. The largest absolute Gasteiger partial charge is 0.477 e. The number of amides is 1. The summed E-state index contributed by atoms with van der Waals surface area (Å²) < 4.78 is 0. The number of carbonyl (C=O) groups excluding carboxylic acids is 1. The lowest BCUT2D eigenvalue weighted by atomic mass is 10.1. The molecule has 2 heterocycles. The number of fused-ring (bicyclic) bond motifs is 1. The van der Waals surface area contributed by atoms with Crippen LogP contribution in [0.25, 0.3) is 11.3 Å². The molecule has 0 bridgehead atoms. The number of hydrogen-bond donors (Lipinski definition) is 2. The van der Waals surface area contributed by atoms with E-state index in [2.05, 4.69) is 15.3 Å². The zero-order valence-corrected chi connectivity index (χ0v) is 9.75. The SMILES string of the molecule is O=C1Cc2cc(-c3cc(C(=O)O)ncn3)ccc2N1. The second-order valence-corrected chi connectivity index (χ2v) is 4.19. The maximum absolute atomic E-state index is 11.3. The molecule has 1 amide bonds. The molecule has 6 heteroatoms. The summed E-state index contributed by atoms with van der Waals surface area (Å²) in [5.41, 5.74) is 2.91. The zero-order valence-electron chi connectivity index (χ0n) is 9.75. The minimum Gasteiger partial charge on any atom is -0.477 e. The van der Waals surface area contributed by atoms with Crippen molar-refractivity contribution in [3.63, 3.8) is 0 Å². The lowest BCUT2D eigenvalue weighted by molar-refractivity contribution is -0.115. The number of anilines is 1. The molecule has 0 atom stereocenters. The number of carbonyl (C=O) groups is 2. The Morgan fingerprint density at radius 1 is 1.26 bits per heavy atom. The van der Waals surface area contributed by atoms with Gasteiger partial charge in [0.15, 0.2) is 5.69 Å². The molecule has 1 aromatic heterocycles. The van der Waals surface area contributed by atoms with Gasteiger partial charge in [-0.05, 0) is 23.8 Å². The number of aromatic nitrogens is 2. The Balaban J connectivity index is 2.04. The van der Waals surface area contributed by atoms with Gasteiger partial charge in [-0.1, -0.05) is 6.07 Å². The zero-order chi connectivity index (χ0) is 13.4. The van der Waals surface area contributed by atoms with Gasteiger partial charge in [0.25, 0.3) is 0 Å². The molecular weight excluding hydrogens is 246 g/mol. The van der Waals surface area contributed by atoms with Crippen molar-refractivity contribution in [2.75, 3.05) is 5.32 Å². The van der Waals surface area contributed by atoms with Crippen LogP contribution in [0, 0.1) is 0 Å². The first kappa shape index (κ1) is 11.3. The number of benzene rings is 1. The third kappa shape index (κ3) is 2.03. The van der Waals surface area contributed by atoms with Gasteiger partial charge in [0, 0.05) is 11.3 Å². The van der Waals surface area contributed by atoms with Gasteiger partial charge in [-0.25, -0.2) is 14.8 Å². The first-order chi connectivity index (χ1) is 9.13. The Morgan fingerprint density at radius 3 is 2.89 bits per heavy atom. The molecule has 0 spiro atoms. The van der Waals surface area contributed by atoms with Gasteiger partial charge in [0.05, 0.1) is 12.1 Å². The summed E-state index contributed by atoms with van der Waals surface area (Å²) in [6.07, 6.45) is 1.55. The molecule has 3 rings (SSSR count). The summed E-state index contributed by atoms with van der Waals surface area (Å²) in [4.78, 5) is 29.9. The molecule has 0 aliphatic carbocycles. The number of carboxylic acid groups (broad SMARTS) is 1. The van der Waals surface area contributed by atoms with Crippen LogP contribution < -0.4 is 5.32 Å². The summed E-state index contributed by atoms with van der Waals surface area (Å²) in [7, 11) is 0. The molecule has 0 radical (unpaired) electrons. The van der Waals surface area contributed by atoms with Crippen LogP contribution in [0.2, 0.25) is 0 Å². The molecule has 0 unspecified atom stereocenters. The van der Waals surface area contributed by atoms with E-state index in [0.29, 0.717) is 12.1 Å². The number of nitrogens with one attached hydrogen (secondary N) is 1. The first-order valence-electron chi connectivity index (χ1n) is 5.62. The summed E-state index contributed by atoms with van der Waals surface area (Å²) in [6.45, 7) is 0. The Labute approximate surface area is 108 Å². The van der Waals surface area contributed by atoms with Crippen LogP contribution in [0.3, 0.4) is 0 Å². The minimum atomic E-state index is -1.10. The Kier molecular flexibility index (Phi) is 2.49. The van der Waals surface area contributed by atoms with Crippen LogP contribution in [-0.4, -0.2) is 27.0 Å². The fourth-order valence-electron chi connectivity index (χ4n) is 2.02. The number of rotatable bonds is 2. The van der Waals surface area contributed by atoms with E-state index in [4.69, 9.17) is 5.11 Å². The summed E-state index contributed by atoms with van der Waals surface area (Å²) in [5.74, 6) is -1.14.